The fourth-order valence-electron chi connectivity index (χ4n) is 2.23. The molecule has 0 bridgehead atoms. The summed E-state index contributed by atoms with van der Waals surface area (Å²) in [5.41, 5.74) is 9.68. The maximum absolute atomic E-state index is 11.6. The van der Waals surface area contributed by atoms with E-state index in [1.165, 1.54) is 0 Å². The van der Waals surface area contributed by atoms with Crippen molar-refractivity contribution in [2.24, 2.45) is 0 Å². The Labute approximate surface area is 85.6 Å². The Morgan fingerprint density at radius 1 is 1.33 bits per heavy atom. The SMILES string of the molecule is Cc1c(C)n2[nH]c(=O)c3ccc(N)c1c32. The van der Waals surface area contributed by atoms with Gasteiger partial charge in [-0.3, -0.25) is 14.4 Å². The van der Waals surface area contributed by atoms with Gasteiger partial charge < -0.3 is 5.73 Å². The minimum absolute atomic E-state index is 0.0573. The highest BCUT2D eigenvalue weighted by molar-refractivity contribution is 6.05. The summed E-state index contributed by atoms with van der Waals surface area (Å²) in [7, 11) is 0. The van der Waals surface area contributed by atoms with Gasteiger partial charge in [-0.2, -0.15) is 0 Å². The van der Waals surface area contributed by atoms with Crippen LogP contribution in [-0.2, 0) is 0 Å². The van der Waals surface area contributed by atoms with Crippen LogP contribution in [-0.4, -0.2) is 9.61 Å². The molecule has 0 radical (unpaired) electrons. The summed E-state index contributed by atoms with van der Waals surface area (Å²) in [6.45, 7) is 4.00. The normalized spacial score (nSPS) is 11.9. The molecule has 1 aromatic carbocycles. The van der Waals surface area contributed by atoms with E-state index >= 15 is 0 Å². The molecule has 0 aliphatic rings. The lowest BCUT2D eigenvalue weighted by Crippen LogP contribution is -2.01. The molecule has 2 aromatic heterocycles. The minimum atomic E-state index is -0.0573. The molecule has 4 nitrogen and oxygen atoms in total. The van der Waals surface area contributed by atoms with E-state index in [1.54, 1.807) is 12.1 Å². The van der Waals surface area contributed by atoms with Crippen LogP contribution >= 0.6 is 0 Å². The second kappa shape index (κ2) is 2.34. The Kier molecular flexibility index (Phi) is 1.30. The van der Waals surface area contributed by atoms with E-state index in [-0.39, 0.29) is 5.56 Å². The molecule has 2 heterocycles. The number of hydrogen-bond donors (Lipinski definition) is 2. The third kappa shape index (κ3) is 0.794. The molecule has 4 heteroatoms. The van der Waals surface area contributed by atoms with Crippen molar-refractivity contribution in [3.63, 3.8) is 0 Å². The van der Waals surface area contributed by atoms with Gasteiger partial charge in [-0.15, -0.1) is 0 Å². The minimum Gasteiger partial charge on any atom is -0.398 e. The number of nitrogens with two attached hydrogens (primary N) is 1. The number of aromatic amines is 1. The molecular weight excluding hydrogens is 190 g/mol. The van der Waals surface area contributed by atoms with Crippen LogP contribution in [0.5, 0.6) is 0 Å². The molecule has 0 unspecified atom stereocenters. The largest absolute Gasteiger partial charge is 0.398 e. The quantitative estimate of drug-likeness (QED) is 0.540. The van der Waals surface area contributed by atoms with Crippen LogP contribution in [0, 0.1) is 13.8 Å². The molecule has 0 atom stereocenters. The molecule has 3 rings (SSSR count). The second-order valence-corrected chi connectivity index (χ2v) is 3.91. The van der Waals surface area contributed by atoms with Crippen LogP contribution in [0.2, 0.25) is 0 Å². The summed E-state index contributed by atoms with van der Waals surface area (Å²) < 4.78 is 1.82. The van der Waals surface area contributed by atoms with E-state index in [1.807, 2.05) is 18.4 Å². The molecule has 76 valence electrons. The molecule has 3 N–H and O–H groups in total. The van der Waals surface area contributed by atoms with Crippen LogP contribution < -0.4 is 11.3 Å². The first-order valence-electron chi connectivity index (χ1n) is 4.82. The number of aromatic nitrogens is 2. The molecule has 15 heavy (non-hydrogen) atoms. The van der Waals surface area contributed by atoms with Crippen molar-refractivity contribution >= 4 is 22.0 Å². The van der Waals surface area contributed by atoms with Gasteiger partial charge in [0.1, 0.15) is 0 Å². The highest BCUT2D eigenvalue weighted by Gasteiger charge is 2.16. The highest BCUT2D eigenvalue weighted by atomic mass is 16.1. The first kappa shape index (κ1) is 8.35. The third-order valence-corrected chi connectivity index (χ3v) is 3.14. The number of rotatable bonds is 0. The van der Waals surface area contributed by atoms with Crippen LogP contribution in [0.4, 0.5) is 5.69 Å². The molecule has 0 aliphatic heterocycles. The summed E-state index contributed by atoms with van der Waals surface area (Å²) >= 11 is 0. The average Bonchev–Trinajstić information content (AvgIpc) is 2.64. The van der Waals surface area contributed by atoms with Gasteiger partial charge in [-0.25, -0.2) is 0 Å². The van der Waals surface area contributed by atoms with Crippen LogP contribution in [0.1, 0.15) is 11.3 Å². The van der Waals surface area contributed by atoms with Crippen molar-refractivity contribution in [1.82, 2.24) is 9.61 Å². The standard InChI is InChI=1S/C11H11N3O/c1-5-6(2)14-10-7(11(15)13-14)3-4-8(12)9(5)10/h3-4H,12H2,1-2H3,(H,13,15). The van der Waals surface area contributed by atoms with Gasteiger partial charge >= 0.3 is 0 Å². The fraction of sp³-hybridized carbons (Fsp3) is 0.182. The van der Waals surface area contributed by atoms with E-state index in [4.69, 9.17) is 5.73 Å². The van der Waals surface area contributed by atoms with E-state index < -0.39 is 0 Å². The average molecular weight is 201 g/mol. The molecule has 0 aliphatic carbocycles. The topological polar surface area (TPSA) is 63.3 Å². The van der Waals surface area contributed by atoms with E-state index in [9.17, 15) is 4.79 Å². The fourth-order valence-corrected chi connectivity index (χ4v) is 2.23. The Hall–Kier alpha value is -1.97. The number of H-pyrrole nitrogens is 1. The predicted octanol–water partition coefficient (Wildman–Crippen LogP) is 1.42. The second-order valence-electron chi connectivity index (χ2n) is 3.91. The molecular formula is C11H11N3O. The first-order valence-corrected chi connectivity index (χ1v) is 4.82. The zero-order chi connectivity index (χ0) is 10.7. The van der Waals surface area contributed by atoms with Gasteiger partial charge in [0.15, 0.2) is 0 Å². The molecule has 0 saturated heterocycles. The monoisotopic (exact) mass is 201 g/mol. The van der Waals surface area contributed by atoms with E-state index in [0.29, 0.717) is 5.39 Å². The smallest absolute Gasteiger partial charge is 0.272 e. The number of nitrogens with zero attached hydrogens (tertiary/aromatic N) is 1. The molecule has 0 spiro atoms. The number of nitrogen functional groups attached to an aromatic ring is 1. The van der Waals surface area contributed by atoms with E-state index in [2.05, 4.69) is 5.10 Å². The van der Waals surface area contributed by atoms with Crippen molar-refractivity contribution in [2.45, 2.75) is 13.8 Å². The van der Waals surface area contributed by atoms with Gasteiger partial charge in [0.05, 0.1) is 10.9 Å². The lowest BCUT2D eigenvalue weighted by molar-refractivity contribution is 0.905. The number of benzene rings is 1. The van der Waals surface area contributed by atoms with Crippen molar-refractivity contribution in [2.75, 3.05) is 5.73 Å². The van der Waals surface area contributed by atoms with Crippen molar-refractivity contribution < 1.29 is 0 Å². The number of nitrogens with one attached hydrogen (secondary N) is 1. The van der Waals surface area contributed by atoms with Gasteiger partial charge in [-0.05, 0) is 31.5 Å². The van der Waals surface area contributed by atoms with Crippen molar-refractivity contribution in [1.29, 1.82) is 0 Å². The molecule has 3 aromatic rings. The first-order chi connectivity index (χ1) is 7.11. The molecule has 0 fully saturated rings. The van der Waals surface area contributed by atoms with Crippen LogP contribution in [0.25, 0.3) is 16.3 Å². The summed E-state index contributed by atoms with van der Waals surface area (Å²) in [6, 6.07) is 3.56. The van der Waals surface area contributed by atoms with Gasteiger partial charge in [-0.1, -0.05) is 0 Å². The third-order valence-electron chi connectivity index (χ3n) is 3.14. The summed E-state index contributed by atoms with van der Waals surface area (Å²) in [4.78, 5) is 11.6. The van der Waals surface area contributed by atoms with Crippen molar-refractivity contribution in [3.8, 4) is 0 Å². The van der Waals surface area contributed by atoms with Crippen LogP contribution in [0.3, 0.4) is 0 Å². The molecule has 0 amide bonds. The number of aryl methyl sites for hydroxylation is 2. The Balaban J connectivity index is 2.81. The summed E-state index contributed by atoms with van der Waals surface area (Å²) in [5, 5.41) is 4.50. The zero-order valence-corrected chi connectivity index (χ0v) is 8.59. The zero-order valence-electron chi connectivity index (χ0n) is 8.59. The lowest BCUT2D eigenvalue weighted by Gasteiger charge is -1.96. The number of hydrogen-bond acceptors (Lipinski definition) is 2. The predicted molar refractivity (Wildman–Crippen MR) is 60.6 cm³/mol. The van der Waals surface area contributed by atoms with Gasteiger partial charge in [0.2, 0.25) is 0 Å². The van der Waals surface area contributed by atoms with Gasteiger partial charge in [0, 0.05) is 16.8 Å². The Bertz CT molecular complexity index is 720. The van der Waals surface area contributed by atoms with Crippen molar-refractivity contribution in [3.05, 3.63) is 33.7 Å². The Morgan fingerprint density at radius 2 is 2.07 bits per heavy atom. The summed E-state index contributed by atoms with van der Waals surface area (Å²) in [5.74, 6) is 0. The lowest BCUT2D eigenvalue weighted by atomic mass is 10.1. The van der Waals surface area contributed by atoms with Crippen LogP contribution in [0.15, 0.2) is 16.9 Å². The molecule has 0 saturated carbocycles. The van der Waals surface area contributed by atoms with Gasteiger partial charge in [0.25, 0.3) is 5.56 Å². The maximum Gasteiger partial charge on any atom is 0.272 e. The highest BCUT2D eigenvalue weighted by Crippen LogP contribution is 2.31. The number of anilines is 1. The maximum atomic E-state index is 11.6. The van der Waals surface area contributed by atoms with E-state index in [0.717, 1.165) is 27.8 Å². The summed E-state index contributed by atoms with van der Waals surface area (Å²) in [6.07, 6.45) is 0. The Morgan fingerprint density at radius 3 is 2.80 bits per heavy atom.